The number of rotatable bonds is 5. The lowest BCUT2D eigenvalue weighted by molar-refractivity contribution is 0.0465. The highest BCUT2D eigenvalue weighted by Crippen LogP contribution is 2.20. The maximum Gasteiger partial charge on any atom is 0.407 e. The van der Waals surface area contributed by atoms with Crippen LogP contribution in [0.15, 0.2) is 4.52 Å². The van der Waals surface area contributed by atoms with Gasteiger partial charge in [-0.1, -0.05) is 5.16 Å². The molecule has 2 rings (SSSR count). The maximum atomic E-state index is 11.6. The summed E-state index contributed by atoms with van der Waals surface area (Å²) in [5.41, 5.74) is -0.451. The van der Waals surface area contributed by atoms with E-state index >= 15 is 0 Å². The topological polar surface area (TPSA) is 89.3 Å². The van der Waals surface area contributed by atoms with E-state index in [0.29, 0.717) is 17.8 Å². The highest BCUT2D eigenvalue weighted by atomic mass is 16.6. The van der Waals surface area contributed by atoms with Crippen LogP contribution in [0.4, 0.5) is 4.79 Å². The van der Waals surface area contributed by atoms with Crippen LogP contribution in [-0.2, 0) is 11.2 Å². The second kappa shape index (κ2) is 6.43. The highest BCUT2D eigenvalue weighted by Gasteiger charge is 2.31. The summed E-state index contributed by atoms with van der Waals surface area (Å²) in [5.74, 6) is 1.32. The molecule has 1 saturated carbocycles. The van der Waals surface area contributed by atoms with Crippen molar-refractivity contribution in [2.24, 2.45) is 0 Å². The average molecular weight is 296 g/mol. The molecule has 118 valence electrons. The molecule has 1 aliphatic rings. The standard InChI is InChI=1S/C14H24N4O3/c1-9-16-12(21-18-9)5-6-15-10-7-11(8-10)17-13(19)20-14(2,3)4/h10-11,15H,5-8H2,1-4H3,(H,17,19). The molecule has 1 aliphatic carbocycles. The molecule has 1 amide bonds. The lowest BCUT2D eigenvalue weighted by Crippen LogP contribution is -2.53. The second-order valence-corrected chi connectivity index (χ2v) is 6.45. The number of carbonyl (C=O) groups is 1. The molecule has 7 heteroatoms. The predicted molar refractivity (Wildman–Crippen MR) is 76.9 cm³/mol. The molecule has 0 bridgehead atoms. The Kier molecular flexibility index (Phi) is 4.82. The molecule has 1 heterocycles. The van der Waals surface area contributed by atoms with Crippen LogP contribution in [0.3, 0.4) is 0 Å². The minimum Gasteiger partial charge on any atom is -0.444 e. The summed E-state index contributed by atoms with van der Waals surface area (Å²) in [4.78, 5) is 15.7. The number of aryl methyl sites for hydroxylation is 1. The van der Waals surface area contributed by atoms with Gasteiger partial charge in [0.1, 0.15) is 5.60 Å². The van der Waals surface area contributed by atoms with Crippen molar-refractivity contribution in [2.45, 2.75) is 64.6 Å². The molecule has 1 aromatic heterocycles. The van der Waals surface area contributed by atoms with Gasteiger partial charge in [0.15, 0.2) is 5.82 Å². The zero-order chi connectivity index (χ0) is 15.5. The number of nitrogens with zero attached hydrogens (tertiary/aromatic N) is 2. The Morgan fingerprint density at radius 1 is 1.38 bits per heavy atom. The molecule has 0 aliphatic heterocycles. The zero-order valence-corrected chi connectivity index (χ0v) is 13.1. The molecular formula is C14H24N4O3. The van der Waals surface area contributed by atoms with Gasteiger partial charge in [-0.15, -0.1) is 0 Å². The summed E-state index contributed by atoms with van der Waals surface area (Å²) < 4.78 is 10.3. The van der Waals surface area contributed by atoms with Crippen molar-refractivity contribution in [3.05, 3.63) is 11.7 Å². The van der Waals surface area contributed by atoms with E-state index in [1.54, 1.807) is 6.92 Å². The van der Waals surface area contributed by atoms with Gasteiger partial charge in [0, 0.05) is 25.0 Å². The van der Waals surface area contributed by atoms with Crippen LogP contribution in [-0.4, -0.2) is 40.5 Å². The molecular weight excluding hydrogens is 272 g/mol. The number of nitrogens with one attached hydrogen (secondary N) is 2. The third kappa shape index (κ3) is 5.34. The van der Waals surface area contributed by atoms with Gasteiger partial charge in [0.05, 0.1) is 0 Å². The first-order valence-electron chi connectivity index (χ1n) is 7.34. The monoisotopic (exact) mass is 296 g/mol. The van der Waals surface area contributed by atoms with Crippen molar-refractivity contribution in [3.63, 3.8) is 0 Å². The van der Waals surface area contributed by atoms with E-state index in [4.69, 9.17) is 9.26 Å². The maximum absolute atomic E-state index is 11.6. The number of carbonyl (C=O) groups excluding carboxylic acids is 1. The summed E-state index contributed by atoms with van der Waals surface area (Å²) in [5, 5.41) is 10.0. The van der Waals surface area contributed by atoms with Crippen molar-refractivity contribution in [3.8, 4) is 0 Å². The zero-order valence-electron chi connectivity index (χ0n) is 13.1. The fourth-order valence-corrected chi connectivity index (χ4v) is 2.20. The van der Waals surface area contributed by atoms with E-state index in [2.05, 4.69) is 20.8 Å². The molecule has 1 fully saturated rings. The lowest BCUT2D eigenvalue weighted by atomic mass is 9.87. The molecule has 0 unspecified atom stereocenters. The summed E-state index contributed by atoms with van der Waals surface area (Å²) in [6.07, 6.45) is 2.22. The molecule has 0 saturated heterocycles. The number of amides is 1. The van der Waals surface area contributed by atoms with Crippen LogP contribution < -0.4 is 10.6 Å². The number of alkyl carbamates (subject to hydrolysis) is 1. The SMILES string of the molecule is Cc1noc(CCNC2CC(NC(=O)OC(C)(C)C)C2)n1. The van der Waals surface area contributed by atoms with Crippen LogP contribution in [0.25, 0.3) is 0 Å². The van der Waals surface area contributed by atoms with Gasteiger partial charge in [-0.25, -0.2) is 4.79 Å². The van der Waals surface area contributed by atoms with Gasteiger partial charge in [0.25, 0.3) is 0 Å². The second-order valence-electron chi connectivity index (χ2n) is 6.45. The van der Waals surface area contributed by atoms with E-state index in [0.717, 1.165) is 25.8 Å². The van der Waals surface area contributed by atoms with Gasteiger partial charge in [0.2, 0.25) is 5.89 Å². The molecule has 0 atom stereocenters. The van der Waals surface area contributed by atoms with E-state index in [1.165, 1.54) is 0 Å². The first-order chi connectivity index (χ1) is 9.82. The van der Waals surface area contributed by atoms with Crippen molar-refractivity contribution in [1.82, 2.24) is 20.8 Å². The predicted octanol–water partition coefficient (Wildman–Crippen LogP) is 1.57. The average Bonchev–Trinajstić information content (AvgIpc) is 2.69. The van der Waals surface area contributed by atoms with Gasteiger partial charge in [-0.3, -0.25) is 0 Å². The van der Waals surface area contributed by atoms with Gasteiger partial charge >= 0.3 is 6.09 Å². The summed E-state index contributed by atoms with van der Waals surface area (Å²) >= 11 is 0. The smallest absolute Gasteiger partial charge is 0.407 e. The first-order valence-corrected chi connectivity index (χ1v) is 7.34. The Morgan fingerprint density at radius 3 is 2.67 bits per heavy atom. The molecule has 2 N–H and O–H groups in total. The number of hydrogen-bond acceptors (Lipinski definition) is 6. The third-order valence-corrected chi connectivity index (χ3v) is 3.20. The van der Waals surface area contributed by atoms with E-state index in [-0.39, 0.29) is 12.1 Å². The van der Waals surface area contributed by atoms with Crippen LogP contribution in [0.5, 0.6) is 0 Å². The Labute approximate surface area is 124 Å². The lowest BCUT2D eigenvalue weighted by Gasteiger charge is -2.36. The largest absolute Gasteiger partial charge is 0.444 e. The fraction of sp³-hybridized carbons (Fsp3) is 0.786. The third-order valence-electron chi connectivity index (χ3n) is 3.20. The molecule has 0 aromatic carbocycles. The van der Waals surface area contributed by atoms with E-state index in [1.807, 2.05) is 20.8 Å². The highest BCUT2D eigenvalue weighted by molar-refractivity contribution is 5.68. The van der Waals surface area contributed by atoms with Gasteiger partial charge < -0.3 is 19.9 Å². The quantitative estimate of drug-likeness (QED) is 0.857. The molecule has 0 spiro atoms. The molecule has 7 nitrogen and oxygen atoms in total. The van der Waals surface area contributed by atoms with Gasteiger partial charge in [-0.05, 0) is 40.5 Å². The number of hydrogen-bond donors (Lipinski definition) is 2. The van der Waals surface area contributed by atoms with E-state index < -0.39 is 5.60 Å². The molecule has 1 aromatic rings. The van der Waals surface area contributed by atoms with Crippen molar-refractivity contribution >= 4 is 6.09 Å². The van der Waals surface area contributed by atoms with Gasteiger partial charge in [-0.2, -0.15) is 4.98 Å². The molecule has 0 radical (unpaired) electrons. The van der Waals surface area contributed by atoms with E-state index in [9.17, 15) is 4.79 Å². The summed E-state index contributed by atoms with van der Waals surface area (Å²) in [6.45, 7) is 8.18. The minimum atomic E-state index is -0.451. The Balaban J connectivity index is 1.56. The number of aromatic nitrogens is 2. The Bertz CT molecular complexity index is 475. The minimum absolute atomic E-state index is 0.197. The van der Waals surface area contributed by atoms with Crippen LogP contribution in [0, 0.1) is 6.92 Å². The van der Waals surface area contributed by atoms with Crippen LogP contribution in [0.1, 0.15) is 45.3 Å². The molecule has 21 heavy (non-hydrogen) atoms. The van der Waals surface area contributed by atoms with Crippen molar-refractivity contribution in [1.29, 1.82) is 0 Å². The Hall–Kier alpha value is -1.63. The van der Waals surface area contributed by atoms with Crippen molar-refractivity contribution < 1.29 is 14.1 Å². The van der Waals surface area contributed by atoms with Crippen molar-refractivity contribution in [2.75, 3.05) is 6.54 Å². The summed E-state index contributed by atoms with van der Waals surface area (Å²) in [7, 11) is 0. The normalized spacial score (nSPS) is 21.7. The number of ether oxygens (including phenoxy) is 1. The van der Waals surface area contributed by atoms with Crippen LogP contribution >= 0.6 is 0 Å². The first kappa shape index (κ1) is 15.8. The van der Waals surface area contributed by atoms with Crippen LogP contribution in [0.2, 0.25) is 0 Å². The fourth-order valence-electron chi connectivity index (χ4n) is 2.20. The summed E-state index contributed by atoms with van der Waals surface area (Å²) in [6, 6.07) is 0.622. The Morgan fingerprint density at radius 2 is 2.10 bits per heavy atom.